The smallest absolute Gasteiger partial charge is 0.853 e. The fourth-order valence-corrected chi connectivity index (χ4v) is 2.32. The van der Waals surface area contributed by atoms with Gasteiger partial charge in [0.15, 0.2) is 0 Å². The fourth-order valence-electron chi connectivity index (χ4n) is 2.32. The number of carbonyl (C=O) groups excluding carboxylic acids is 1. The molecule has 0 saturated carbocycles. The summed E-state index contributed by atoms with van der Waals surface area (Å²) in [4.78, 5) is 11.0. The molecule has 6 nitrogen and oxygen atoms in total. The van der Waals surface area contributed by atoms with Crippen LogP contribution >= 0.6 is 0 Å². The molecular formula is C11H19NNa2O5. The van der Waals surface area contributed by atoms with Crippen LogP contribution < -0.4 is 74.6 Å². The molecule has 2 N–H and O–H groups in total. The van der Waals surface area contributed by atoms with E-state index in [2.05, 4.69) is 5.32 Å². The Bertz CT molecular complexity index is 269. The van der Waals surface area contributed by atoms with Crippen molar-refractivity contribution in [2.24, 2.45) is 5.92 Å². The minimum Gasteiger partial charge on any atom is -0.853 e. The molecule has 2 unspecified atom stereocenters. The Morgan fingerprint density at radius 1 is 1.37 bits per heavy atom. The molecule has 5 atom stereocenters. The summed E-state index contributed by atoms with van der Waals surface area (Å²) in [5, 5.41) is 34.8. The molecule has 1 heterocycles. The Morgan fingerprint density at radius 2 is 1.95 bits per heavy atom. The van der Waals surface area contributed by atoms with Crippen LogP contribution in [0.25, 0.3) is 0 Å². The summed E-state index contributed by atoms with van der Waals surface area (Å²) in [6.45, 7) is 2.24. The van der Waals surface area contributed by atoms with E-state index < -0.39 is 36.9 Å². The van der Waals surface area contributed by atoms with Crippen molar-refractivity contribution < 1.29 is 84.0 Å². The average molecular weight is 291 g/mol. The topological polar surface area (TPSA) is 105 Å². The van der Waals surface area contributed by atoms with Crippen molar-refractivity contribution in [2.75, 3.05) is 13.2 Å². The minimum absolute atomic E-state index is 0. The second-order valence-electron chi connectivity index (χ2n) is 4.33. The first-order chi connectivity index (χ1) is 8.04. The van der Waals surface area contributed by atoms with Crippen LogP contribution in [-0.2, 0) is 9.53 Å². The van der Waals surface area contributed by atoms with E-state index in [1.807, 2.05) is 6.92 Å². The maximum absolute atomic E-state index is 12.2. The zero-order chi connectivity index (χ0) is 13.0. The van der Waals surface area contributed by atoms with Crippen LogP contribution in [0.3, 0.4) is 0 Å². The molecule has 0 radical (unpaired) electrons. The van der Waals surface area contributed by atoms with Gasteiger partial charge in [0.2, 0.25) is 5.91 Å². The summed E-state index contributed by atoms with van der Waals surface area (Å²) in [6.07, 6.45) is -2.06. The predicted octanol–water partition coefficient (Wildman–Crippen LogP) is -8.63. The zero-order valence-electron chi connectivity index (χ0n) is 12.1. The number of nitrogens with one attached hydrogen (secondary N) is 1. The molecule has 1 aliphatic heterocycles. The Balaban J connectivity index is 0. The molecular weight excluding hydrogens is 272 g/mol. The van der Waals surface area contributed by atoms with Crippen LogP contribution in [0.2, 0.25) is 0 Å². The summed E-state index contributed by atoms with van der Waals surface area (Å²) >= 11 is 0. The van der Waals surface area contributed by atoms with E-state index >= 15 is 0 Å². The maximum atomic E-state index is 12.2. The van der Waals surface area contributed by atoms with Crippen molar-refractivity contribution in [3.05, 3.63) is 0 Å². The first-order valence-electron chi connectivity index (χ1n) is 5.82. The number of hydrogen-bond donors (Lipinski definition) is 2. The standard InChI is InChI=1S/C11H19NO5.2Na/c1-3-7-8(4-13)17-9(5-14)10(11(7)16)12-6(2)15;;/h7-11,14H,3-5H2,1-2H3,(H,12,15);;/q-2;2*+1/t7-,8?,9+,10?,11-;;/m1../s1. The van der Waals surface area contributed by atoms with Gasteiger partial charge in [-0.05, 0) is 5.92 Å². The van der Waals surface area contributed by atoms with Crippen LogP contribution in [0.5, 0.6) is 0 Å². The van der Waals surface area contributed by atoms with E-state index in [0.717, 1.165) is 0 Å². The van der Waals surface area contributed by atoms with E-state index in [1.54, 1.807) is 0 Å². The van der Waals surface area contributed by atoms with Crippen LogP contribution in [0.15, 0.2) is 0 Å². The maximum Gasteiger partial charge on any atom is 1.00 e. The molecule has 8 heteroatoms. The molecule has 19 heavy (non-hydrogen) atoms. The molecule has 1 rings (SSSR count). The number of ether oxygens (including phenoxy) is 1. The summed E-state index contributed by atoms with van der Waals surface area (Å²) in [5.74, 6) is -0.763. The molecule has 0 aromatic rings. The third kappa shape index (κ3) is 5.90. The van der Waals surface area contributed by atoms with E-state index in [-0.39, 0.29) is 71.6 Å². The van der Waals surface area contributed by atoms with Gasteiger partial charge in [-0.3, -0.25) is 4.79 Å². The average Bonchev–Trinajstić information content (AvgIpc) is 2.30. The van der Waals surface area contributed by atoms with E-state index in [4.69, 9.17) is 9.84 Å². The molecule has 100 valence electrons. The van der Waals surface area contributed by atoms with Gasteiger partial charge in [0.05, 0.1) is 12.7 Å². The molecule has 1 fully saturated rings. The normalized spacial score (nSPS) is 33.8. The molecule has 1 amide bonds. The number of rotatable bonds is 4. The molecule has 0 aromatic heterocycles. The van der Waals surface area contributed by atoms with E-state index in [9.17, 15) is 15.0 Å². The van der Waals surface area contributed by atoms with Gasteiger partial charge in [-0.2, -0.15) is 0 Å². The van der Waals surface area contributed by atoms with Crippen LogP contribution in [-0.4, -0.2) is 48.6 Å². The molecule has 0 bridgehead atoms. The quantitative estimate of drug-likeness (QED) is 0.501. The van der Waals surface area contributed by atoms with Crippen molar-refractivity contribution in [2.45, 2.75) is 44.6 Å². The molecule has 0 aromatic carbocycles. The van der Waals surface area contributed by atoms with Crippen molar-refractivity contribution in [3.8, 4) is 0 Å². The fraction of sp³-hybridized carbons (Fsp3) is 0.909. The number of aliphatic hydroxyl groups excluding tert-OH is 1. The molecule has 1 aliphatic rings. The van der Waals surface area contributed by atoms with E-state index in [1.165, 1.54) is 6.92 Å². The number of carbonyl (C=O) groups is 1. The van der Waals surface area contributed by atoms with Crippen LogP contribution in [0.4, 0.5) is 0 Å². The van der Waals surface area contributed by atoms with Gasteiger partial charge in [-0.1, -0.05) is 19.4 Å². The van der Waals surface area contributed by atoms with Crippen LogP contribution in [0.1, 0.15) is 20.3 Å². The minimum atomic E-state index is -1.12. The number of hydrogen-bond acceptors (Lipinski definition) is 5. The van der Waals surface area contributed by atoms with Gasteiger partial charge in [-0.25, -0.2) is 0 Å². The Morgan fingerprint density at radius 3 is 2.32 bits per heavy atom. The largest absolute Gasteiger partial charge is 1.00 e. The number of amides is 1. The molecule has 1 saturated heterocycles. The van der Waals surface area contributed by atoms with Crippen molar-refractivity contribution in [1.82, 2.24) is 5.32 Å². The second-order valence-corrected chi connectivity index (χ2v) is 4.33. The molecule has 0 aliphatic carbocycles. The number of aliphatic hydroxyl groups is 1. The summed E-state index contributed by atoms with van der Waals surface area (Å²) in [5.41, 5.74) is 0. The Kier molecular flexibility index (Phi) is 13.0. The third-order valence-electron chi connectivity index (χ3n) is 3.19. The van der Waals surface area contributed by atoms with Gasteiger partial charge in [0.25, 0.3) is 0 Å². The molecule has 0 spiro atoms. The van der Waals surface area contributed by atoms with Gasteiger partial charge in [0, 0.05) is 19.1 Å². The van der Waals surface area contributed by atoms with Crippen molar-refractivity contribution >= 4 is 5.91 Å². The summed E-state index contributed by atoms with van der Waals surface area (Å²) in [6, 6.07) is -0.773. The Hall–Kier alpha value is 1.31. The zero-order valence-corrected chi connectivity index (χ0v) is 16.1. The van der Waals surface area contributed by atoms with Crippen molar-refractivity contribution in [3.63, 3.8) is 0 Å². The summed E-state index contributed by atoms with van der Waals surface area (Å²) in [7, 11) is 0. The predicted molar refractivity (Wildman–Crippen MR) is 55.8 cm³/mol. The first-order valence-corrected chi connectivity index (χ1v) is 5.82. The van der Waals surface area contributed by atoms with Gasteiger partial charge in [-0.15, -0.1) is 6.61 Å². The van der Waals surface area contributed by atoms with Gasteiger partial charge >= 0.3 is 59.1 Å². The van der Waals surface area contributed by atoms with Gasteiger partial charge < -0.3 is 25.4 Å². The van der Waals surface area contributed by atoms with Gasteiger partial charge in [0.1, 0.15) is 0 Å². The first kappa shape index (κ1) is 22.6. The SMILES string of the molecule is CC[C@@H]1C(C[O-])O[C@@H](CO)C(NC(C)=O)[C@@H]1[O-].[Na+].[Na+]. The van der Waals surface area contributed by atoms with Crippen LogP contribution in [0, 0.1) is 5.92 Å². The third-order valence-corrected chi connectivity index (χ3v) is 3.19. The Labute approximate surface area is 157 Å². The monoisotopic (exact) mass is 291 g/mol. The van der Waals surface area contributed by atoms with Crippen molar-refractivity contribution in [1.29, 1.82) is 0 Å². The second kappa shape index (κ2) is 11.0. The summed E-state index contributed by atoms with van der Waals surface area (Å²) < 4.78 is 5.39. The van der Waals surface area contributed by atoms with E-state index in [0.29, 0.717) is 6.42 Å².